The number of methoxy groups -OCH3 is 2. The van der Waals surface area contributed by atoms with E-state index < -0.39 is 6.10 Å². The molecule has 0 radical (unpaired) electrons. The van der Waals surface area contributed by atoms with Crippen molar-refractivity contribution >= 4 is 28.3 Å². The predicted octanol–water partition coefficient (Wildman–Crippen LogP) is 2.27. The lowest BCUT2D eigenvalue weighted by Crippen LogP contribution is -2.24. The average molecular weight is 327 g/mol. The third-order valence-corrected chi connectivity index (χ3v) is 2.94. The van der Waals surface area contributed by atoms with E-state index in [1.165, 1.54) is 0 Å². The van der Waals surface area contributed by atoms with Crippen molar-refractivity contribution in [3.63, 3.8) is 0 Å². The van der Waals surface area contributed by atoms with Gasteiger partial charge in [-0.2, -0.15) is 0 Å². The summed E-state index contributed by atoms with van der Waals surface area (Å²) in [5, 5.41) is 9.94. The summed E-state index contributed by atoms with van der Waals surface area (Å²) < 4.78 is 11.1. The Bertz CT molecular complexity index is 374. The molecule has 4 nitrogen and oxygen atoms in total. The van der Waals surface area contributed by atoms with Gasteiger partial charge in [-0.1, -0.05) is 0 Å². The maximum atomic E-state index is 9.94. The maximum Gasteiger partial charge on any atom is 0.133 e. The van der Waals surface area contributed by atoms with Gasteiger partial charge in [0.1, 0.15) is 11.5 Å². The molecule has 0 aliphatic carbocycles. The van der Waals surface area contributed by atoms with E-state index in [4.69, 9.17) is 15.2 Å². The number of aliphatic hydroxyl groups excluding tert-OH is 1. The minimum atomic E-state index is -0.781. The highest BCUT2D eigenvalue weighted by Gasteiger charge is 2.19. The number of hydrogen-bond acceptors (Lipinski definition) is 4. The predicted molar refractivity (Wildman–Crippen MR) is 73.1 cm³/mol. The highest BCUT2D eigenvalue weighted by molar-refractivity contribution is 9.10. The third-order valence-electron chi connectivity index (χ3n) is 2.32. The maximum absolute atomic E-state index is 9.94. The molecule has 1 rings (SSSR count). The summed E-state index contributed by atoms with van der Waals surface area (Å²) >= 11 is 3.35. The fourth-order valence-electron chi connectivity index (χ4n) is 1.40. The fourth-order valence-corrected chi connectivity index (χ4v) is 1.88. The van der Waals surface area contributed by atoms with E-state index >= 15 is 0 Å². The first-order valence-corrected chi connectivity index (χ1v) is 5.65. The minimum absolute atomic E-state index is 0. The molecule has 0 aliphatic rings. The van der Waals surface area contributed by atoms with Crippen molar-refractivity contribution in [2.24, 2.45) is 5.73 Å². The van der Waals surface area contributed by atoms with E-state index in [0.29, 0.717) is 17.1 Å². The lowest BCUT2D eigenvalue weighted by molar-refractivity contribution is 0.149. The zero-order valence-corrected chi connectivity index (χ0v) is 12.3. The molecule has 0 bridgehead atoms. The van der Waals surface area contributed by atoms with E-state index in [-0.39, 0.29) is 18.4 Å². The average Bonchev–Trinajstić information content (AvgIpc) is 2.27. The SMILES string of the molecule is COc1cc([C@H](O)[C@H](C)N)c(OC)cc1Br.Cl. The van der Waals surface area contributed by atoms with Gasteiger partial charge in [-0.25, -0.2) is 0 Å². The summed E-state index contributed by atoms with van der Waals surface area (Å²) in [7, 11) is 3.11. The standard InChI is InChI=1S/C11H16BrNO3.ClH/c1-6(13)11(14)7-4-10(16-3)8(12)5-9(7)15-2;/h4-6,11,14H,13H2,1-3H3;1H/t6-,11+;/m0./s1. The van der Waals surface area contributed by atoms with Crippen LogP contribution in [0.15, 0.2) is 16.6 Å². The van der Waals surface area contributed by atoms with Crippen molar-refractivity contribution in [3.05, 3.63) is 22.2 Å². The van der Waals surface area contributed by atoms with Gasteiger partial charge in [0.2, 0.25) is 0 Å². The van der Waals surface area contributed by atoms with Crippen molar-refractivity contribution in [2.45, 2.75) is 19.1 Å². The number of halogens is 2. The van der Waals surface area contributed by atoms with Crippen molar-refractivity contribution in [1.29, 1.82) is 0 Å². The summed E-state index contributed by atoms with van der Waals surface area (Å²) in [6.07, 6.45) is -0.781. The molecule has 0 heterocycles. The van der Waals surface area contributed by atoms with Crippen LogP contribution in [0.1, 0.15) is 18.6 Å². The topological polar surface area (TPSA) is 64.7 Å². The first kappa shape index (κ1) is 16.5. The molecule has 0 aliphatic heterocycles. The Morgan fingerprint density at radius 3 is 2.18 bits per heavy atom. The molecule has 1 aromatic rings. The Balaban J connectivity index is 0.00000256. The molecular weight excluding hydrogens is 309 g/mol. The van der Waals surface area contributed by atoms with Gasteiger partial charge in [0.25, 0.3) is 0 Å². The summed E-state index contributed by atoms with van der Waals surface area (Å²) in [5.74, 6) is 1.22. The summed E-state index contributed by atoms with van der Waals surface area (Å²) in [4.78, 5) is 0. The zero-order valence-electron chi connectivity index (χ0n) is 9.94. The fraction of sp³-hybridized carbons (Fsp3) is 0.455. The first-order valence-electron chi connectivity index (χ1n) is 4.86. The molecule has 0 saturated carbocycles. The molecule has 98 valence electrons. The number of ether oxygens (including phenoxy) is 2. The van der Waals surface area contributed by atoms with Gasteiger partial charge in [0.05, 0.1) is 24.8 Å². The highest BCUT2D eigenvalue weighted by Crippen LogP contribution is 2.36. The Labute approximate surface area is 116 Å². The van der Waals surface area contributed by atoms with Gasteiger partial charge < -0.3 is 20.3 Å². The van der Waals surface area contributed by atoms with Crippen molar-refractivity contribution in [3.8, 4) is 11.5 Å². The summed E-state index contributed by atoms with van der Waals surface area (Å²) in [5.41, 5.74) is 6.29. The van der Waals surface area contributed by atoms with Crippen LogP contribution in [0, 0.1) is 0 Å². The smallest absolute Gasteiger partial charge is 0.133 e. The van der Waals surface area contributed by atoms with Crippen LogP contribution in [0.2, 0.25) is 0 Å². The minimum Gasteiger partial charge on any atom is -0.496 e. The summed E-state index contributed by atoms with van der Waals surface area (Å²) in [6, 6.07) is 3.09. The molecule has 0 unspecified atom stereocenters. The van der Waals surface area contributed by atoms with E-state index in [1.807, 2.05) is 0 Å². The first-order chi connectivity index (χ1) is 7.51. The molecule has 0 saturated heterocycles. The molecular formula is C11H17BrClNO3. The molecule has 0 amide bonds. The van der Waals surface area contributed by atoms with Crippen LogP contribution in [0.4, 0.5) is 0 Å². The normalized spacial score (nSPS) is 13.5. The molecule has 1 aromatic carbocycles. The van der Waals surface area contributed by atoms with Crippen molar-refractivity contribution in [2.75, 3.05) is 14.2 Å². The second kappa shape index (κ2) is 7.06. The van der Waals surface area contributed by atoms with Crippen LogP contribution in [0.3, 0.4) is 0 Å². The van der Waals surface area contributed by atoms with E-state index in [9.17, 15) is 5.11 Å². The van der Waals surface area contributed by atoms with Gasteiger partial charge in [-0.15, -0.1) is 12.4 Å². The van der Waals surface area contributed by atoms with Gasteiger partial charge in [-0.05, 0) is 35.0 Å². The van der Waals surface area contributed by atoms with Crippen LogP contribution >= 0.6 is 28.3 Å². The Hall–Kier alpha value is -0.490. The van der Waals surface area contributed by atoms with Gasteiger partial charge in [0.15, 0.2) is 0 Å². The molecule has 6 heteroatoms. The van der Waals surface area contributed by atoms with Crippen LogP contribution in [-0.2, 0) is 0 Å². The number of benzene rings is 1. The lowest BCUT2D eigenvalue weighted by Gasteiger charge is -2.19. The molecule has 0 aromatic heterocycles. The highest BCUT2D eigenvalue weighted by atomic mass is 79.9. The van der Waals surface area contributed by atoms with Gasteiger partial charge in [0, 0.05) is 11.6 Å². The van der Waals surface area contributed by atoms with E-state index in [0.717, 1.165) is 4.47 Å². The zero-order chi connectivity index (χ0) is 12.3. The number of hydrogen-bond donors (Lipinski definition) is 2. The Morgan fingerprint density at radius 1 is 1.24 bits per heavy atom. The second-order valence-electron chi connectivity index (χ2n) is 3.53. The number of nitrogens with two attached hydrogens (primary N) is 1. The molecule has 0 spiro atoms. The quantitative estimate of drug-likeness (QED) is 0.891. The van der Waals surface area contributed by atoms with Crippen molar-refractivity contribution < 1.29 is 14.6 Å². The van der Waals surface area contributed by atoms with Crippen molar-refractivity contribution in [1.82, 2.24) is 0 Å². The monoisotopic (exact) mass is 325 g/mol. The molecule has 0 fully saturated rings. The Morgan fingerprint density at radius 2 is 1.76 bits per heavy atom. The number of rotatable bonds is 4. The summed E-state index contributed by atoms with van der Waals surface area (Å²) in [6.45, 7) is 1.73. The molecule has 17 heavy (non-hydrogen) atoms. The van der Waals surface area contributed by atoms with E-state index in [1.54, 1.807) is 33.3 Å². The largest absolute Gasteiger partial charge is 0.496 e. The lowest BCUT2D eigenvalue weighted by atomic mass is 10.0. The number of aliphatic hydroxyl groups is 1. The second-order valence-corrected chi connectivity index (χ2v) is 4.39. The molecule has 2 atom stereocenters. The van der Waals surface area contributed by atoms with Gasteiger partial charge >= 0.3 is 0 Å². The van der Waals surface area contributed by atoms with Crippen LogP contribution in [-0.4, -0.2) is 25.4 Å². The Kier molecular flexibility index (Phi) is 6.85. The van der Waals surface area contributed by atoms with Crippen LogP contribution in [0.5, 0.6) is 11.5 Å². The molecule has 3 N–H and O–H groups in total. The third kappa shape index (κ3) is 3.74. The van der Waals surface area contributed by atoms with E-state index in [2.05, 4.69) is 15.9 Å². The van der Waals surface area contributed by atoms with Crippen LogP contribution in [0.25, 0.3) is 0 Å². The van der Waals surface area contributed by atoms with Gasteiger partial charge in [-0.3, -0.25) is 0 Å². The van der Waals surface area contributed by atoms with Crippen LogP contribution < -0.4 is 15.2 Å².